The van der Waals surface area contributed by atoms with Gasteiger partial charge in [0.15, 0.2) is 0 Å². The van der Waals surface area contributed by atoms with E-state index in [1.807, 2.05) is 30.3 Å². The molecule has 0 aliphatic heterocycles. The van der Waals surface area contributed by atoms with Crippen LogP contribution < -0.4 is 5.32 Å². The van der Waals surface area contributed by atoms with Gasteiger partial charge in [-0.15, -0.1) is 0 Å². The minimum Gasteiger partial charge on any atom is -0.481 e. The van der Waals surface area contributed by atoms with Crippen molar-refractivity contribution in [1.82, 2.24) is 0 Å². The molecule has 0 fully saturated rings. The van der Waals surface area contributed by atoms with E-state index >= 15 is 0 Å². The summed E-state index contributed by atoms with van der Waals surface area (Å²) in [6, 6.07) is 9.81. The van der Waals surface area contributed by atoms with Crippen molar-refractivity contribution < 1.29 is 9.90 Å². The largest absolute Gasteiger partial charge is 0.481 e. The fourth-order valence-electron chi connectivity index (χ4n) is 1.48. The Bertz CT molecular complexity index is 365. The van der Waals surface area contributed by atoms with Gasteiger partial charge in [-0.3, -0.25) is 4.79 Å². The van der Waals surface area contributed by atoms with Crippen LogP contribution in [0.2, 0.25) is 0 Å². The zero-order chi connectivity index (χ0) is 12.5. The van der Waals surface area contributed by atoms with Crippen molar-refractivity contribution in [3.8, 4) is 0 Å². The van der Waals surface area contributed by atoms with Gasteiger partial charge in [0.2, 0.25) is 0 Å². The third-order valence-electron chi connectivity index (χ3n) is 2.35. The summed E-state index contributed by atoms with van der Waals surface area (Å²) in [7, 11) is 0. The molecule has 1 aromatic rings. The highest BCUT2D eigenvalue weighted by molar-refractivity contribution is 7.80. The van der Waals surface area contributed by atoms with Gasteiger partial charge >= 0.3 is 5.97 Å². The fraction of sp³-hybridized carbons (Fsp3) is 0.385. The number of carbonyl (C=O) groups is 1. The highest BCUT2D eigenvalue weighted by Crippen LogP contribution is 2.09. The normalized spacial score (nSPS) is 9.88. The Morgan fingerprint density at radius 3 is 2.41 bits per heavy atom. The third kappa shape index (κ3) is 6.68. The summed E-state index contributed by atoms with van der Waals surface area (Å²) in [6.07, 6.45) is 3.63. The van der Waals surface area contributed by atoms with Gasteiger partial charge in [0.05, 0.1) is 4.99 Å². The molecular weight excluding hydrogens is 234 g/mol. The number of unbranched alkanes of at least 4 members (excludes halogenated alkanes) is 2. The first-order valence-corrected chi connectivity index (χ1v) is 6.16. The number of carboxylic acids is 1. The van der Waals surface area contributed by atoms with Gasteiger partial charge < -0.3 is 10.4 Å². The maximum absolute atomic E-state index is 10.3. The predicted molar refractivity (Wildman–Crippen MR) is 73.4 cm³/mol. The van der Waals surface area contributed by atoms with E-state index in [-0.39, 0.29) is 6.42 Å². The lowest BCUT2D eigenvalue weighted by Crippen LogP contribution is -2.08. The smallest absolute Gasteiger partial charge is 0.303 e. The molecule has 0 aliphatic carbocycles. The van der Waals surface area contributed by atoms with Crippen LogP contribution in [0.15, 0.2) is 30.3 Å². The highest BCUT2D eigenvalue weighted by atomic mass is 32.1. The number of carboxylic acid groups (broad SMARTS) is 1. The fourth-order valence-corrected chi connectivity index (χ4v) is 1.75. The van der Waals surface area contributed by atoms with E-state index in [4.69, 9.17) is 17.3 Å². The van der Waals surface area contributed by atoms with E-state index in [2.05, 4.69) is 5.32 Å². The molecule has 92 valence electrons. The summed E-state index contributed by atoms with van der Waals surface area (Å²) in [5.74, 6) is -0.727. The van der Waals surface area contributed by atoms with Crippen LogP contribution in [0.5, 0.6) is 0 Å². The van der Waals surface area contributed by atoms with Gasteiger partial charge in [0.25, 0.3) is 0 Å². The van der Waals surface area contributed by atoms with Crippen LogP contribution in [0.3, 0.4) is 0 Å². The molecule has 0 radical (unpaired) electrons. The van der Waals surface area contributed by atoms with Gasteiger partial charge in [-0.1, -0.05) is 36.8 Å². The van der Waals surface area contributed by atoms with Gasteiger partial charge in [-0.25, -0.2) is 0 Å². The number of thiocarbonyl (C=S) groups is 1. The topological polar surface area (TPSA) is 49.3 Å². The van der Waals surface area contributed by atoms with E-state index in [1.54, 1.807) is 0 Å². The SMILES string of the molecule is O=C(O)CCCCCC(=S)Nc1ccccc1. The Morgan fingerprint density at radius 1 is 1.12 bits per heavy atom. The van der Waals surface area contributed by atoms with Gasteiger partial charge in [-0.2, -0.15) is 0 Å². The van der Waals surface area contributed by atoms with Crippen LogP contribution in [0.4, 0.5) is 5.69 Å². The molecule has 2 N–H and O–H groups in total. The number of anilines is 1. The number of aliphatic carboxylic acids is 1. The molecule has 0 aliphatic rings. The summed E-state index contributed by atoms with van der Waals surface area (Å²) in [5, 5.41) is 11.6. The summed E-state index contributed by atoms with van der Waals surface area (Å²) < 4.78 is 0. The Hall–Kier alpha value is -1.42. The van der Waals surface area contributed by atoms with E-state index in [9.17, 15) is 4.79 Å². The van der Waals surface area contributed by atoms with Crippen molar-refractivity contribution in [3.05, 3.63) is 30.3 Å². The molecular formula is C13H17NO2S. The second-order valence-electron chi connectivity index (χ2n) is 3.87. The molecule has 0 saturated heterocycles. The molecule has 0 atom stereocenters. The zero-order valence-corrected chi connectivity index (χ0v) is 10.5. The van der Waals surface area contributed by atoms with Gasteiger partial charge in [-0.05, 0) is 31.4 Å². The lowest BCUT2D eigenvalue weighted by atomic mass is 10.1. The second-order valence-corrected chi connectivity index (χ2v) is 4.36. The molecule has 0 aromatic heterocycles. The van der Waals surface area contributed by atoms with Crippen LogP contribution >= 0.6 is 12.2 Å². The standard InChI is InChI=1S/C13H17NO2S/c15-13(16)10-6-2-5-9-12(17)14-11-7-3-1-4-8-11/h1,3-4,7-8H,2,5-6,9-10H2,(H,14,17)(H,15,16). The first-order chi connectivity index (χ1) is 8.18. The third-order valence-corrected chi connectivity index (χ3v) is 2.66. The predicted octanol–water partition coefficient (Wildman–Crippen LogP) is 3.46. The molecule has 17 heavy (non-hydrogen) atoms. The van der Waals surface area contributed by atoms with E-state index < -0.39 is 5.97 Å². The number of para-hydroxylation sites is 1. The van der Waals surface area contributed by atoms with Crippen molar-refractivity contribution in [3.63, 3.8) is 0 Å². The van der Waals surface area contributed by atoms with Gasteiger partial charge in [0, 0.05) is 12.1 Å². The number of benzene rings is 1. The Labute approximate surface area is 107 Å². The van der Waals surface area contributed by atoms with Crippen molar-refractivity contribution in [1.29, 1.82) is 0 Å². The van der Waals surface area contributed by atoms with Crippen LogP contribution in [-0.4, -0.2) is 16.1 Å². The lowest BCUT2D eigenvalue weighted by molar-refractivity contribution is -0.137. The summed E-state index contributed by atoms with van der Waals surface area (Å²) in [6.45, 7) is 0. The number of hydrogen-bond acceptors (Lipinski definition) is 2. The first-order valence-electron chi connectivity index (χ1n) is 5.75. The number of hydrogen-bond donors (Lipinski definition) is 2. The molecule has 4 heteroatoms. The molecule has 3 nitrogen and oxygen atoms in total. The van der Waals surface area contributed by atoms with Crippen LogP contribution in [0, 0.1) is 0 Å². The number of nitrogens with one attached hydrogen (secondary N) is 1. The van der Waals surface area contributed by atoms with Crippen molar-refractivity contribution in [2.45, 2.75) is 32.1 Å². The molecule has 0 spiro atoms. The summed E-state index contributed by atoms with van der Waals surface area (Å²) >= 11 is 5.21. The van der Waals surface area contributed by atoms with Crippen LogP contribution in [-0.2, 0) is 4.79 Å². The highest BCUT2D eigenvalue weighted by Gasteiger charge is 1.99. The maximum Gasteiger partial charge on any atom is 0.303 e. The average Bonchev–Trinajstić information content (AvgIpc) is 2.29. The molecule has 0 unspecified atom stereocenters. The zero-order valence-electron chi connectivity index (χ0n) is 9.69. The summed E-state index contributed by atoms with van der Waals surface area (Å²) in [5.41, 5.74) is 1.00. The molecule has 0 bridgehead atoms. The van der Waals surface area contributed by atoms with Crippen LogP contribution in [0.1, 0.15) is 32.1 Å². The van der Waals surface area contributed by atoms with E-state index in [0.717, 1.165) is 36.4 Å². The van der Waals surface area contributed by atoms with Gasteiger partial charge in [0.1, 0.15) is 0 Å². The molecule has 0 amide bonds. The molecule has 1 aromatic carbocycles. The minimum absolute atomic E-state index is 0.249. The Morgan fingerprint density at radius 2 is 1.76 bits per heavy atom. The lowest BCUT2D eigenvalue weighted by Gasteiger charge is -2.07. The molecule has 0 saturated carbocycles. The van der Waals surface area contributed by atoms with Crippen molar-refractivity contribution >= 4 is 28.9 Å². The second kappa shape index (κ2) is 7.79. The quantitative estimate of drug-likeness (QED) is 0.575. The molecule has 0 heterocycles. The van der Waals surface area contributed by atoms with Crippen molar-refractivity contribution in [2.24, 2.45) is 0 Å². The Balaban J connectivity index is 2.12. The van der Waals surface area contributed by atoms with E-state index in [1.165, 1.54) is 0 Å². The average molecular weight is 251 g/mol. The van der Waals surface area contributed by atoms with Crippen LogP contribution in [0.25, 0.3) is 0 Å². The Kier molecular flexibility index (Phi) is 6.25. The minimum atomic E-state index is -0.727. The van der Waals surface area contributed by atoms with Crippen molar-refractivity contribution in [2.75, 3.05) is 5.32 Å². The monoisotopic (exact) mass is 251 g/mol. The summed E-state index contributed by atoms with van der Waals surface area (Å²) in [4.78, 5) is 11.1. The van der Waals surface area contributed by atoms with E-state index in [0.29, 0.717) is 0 Å². The first kappa shape index (κ1) is 13.6. The number of rotatable bonds is 7. The molecule has 1 rings (SSSR count). The maximum atomic E-state index is 10.3.